The van der Waals surface area contributed by atoms with Crippen molar-refractivity contribution >= 4 is 44.4 Å². The minimum absolute atomic E-state index is 0.0312. The van der Waals surface area contributed by atoms with Crippen molar-refractivity contribution in [3.8, 4) is 22.4 Å². The number of carbonyl (C=O) groups excluding carboxylic acids is 1. The van der Waals surface area contributed by atoms with E-state index in [0.717, 1.165) is 15.6 Å². The van der Waals surface area contributed by atoms with E-state index in [0.29, 0.717) is 10.6 Å². The molecule has 1 heterocycles. The predicted molar refractivity (Wildman–Crippen MR) is 108 cm³/mol. The average Bonchev–Trinajstić information content (AvgIpc) is 3.11. The Labute approximate surface area is 167 Å². The number of hydrogen-bond donors (Lipinski definition) is 2. The zero-order valence-corrected chi connectivity index (χ0v) is 16.5. The van der Waals surface area contributed by atoms with Crippen LogP contribution in [-0.4, -0.2) is 21.2 Å². The molecule has 6 nitrogen and oxygen atoms in total. The number of rotatable bonds is 4. The van der Waals surface area contributed by atoms with Gasteiger partial charge in [-0.25, -0.2) is 0 Å². The summed E-state index contributed by atoms with van der Waals surface area (Å²) in [6.07, 6.45) is 1.32. The quantitative estimate of drug-likeness (QED) is 0.458. The number of aromatic nitrogens is 2. The third-order valence-electron chi connectivity index (χ3n) is 3.60. The Hall–Kier alpha value is -3.02. The number of phenolic OH excluding ortho intramolecular Hbond substituents is 1. The lowest BCUT2D eigenvalue weighted by atomic mass is 10.1. The largest absolute Gasteiger partial charge is 0.507 e. The summed E-state index contributed by atoms with van der Waals surface area (Å²) in [5.74, 6) is -0.653. The highest BCUT2D eigenvalue weighted by molar-refractivity contribution is 9.10. The smallest absolute Gasteiger partial charge is 0.268 e. The van der Waals surface area contributed by atoms with E-state index < -0.39 is 5.91 Å². The Balaban J connectivity index is 1.80. The van der Waals surface area contributed by atoms with Gasteiger partial charge in [-0.3, -0.25) is 10.1 Å². The van der Waals surface area contributed by atoms with E-state index in [1.165, 1.54) is 23.5 Å². The predicted octanol–water partition coefficient (Wildman–Crippen LogP) is 4.53. The highest BCUT2D eigenvalue weighted by atomic mass is 79.9. The van der Waals surface area contributed by atoms with Gasteiger partial charge in [0.2, 0.25) is 5.13 Å². The maximum absolute atomic E-state index is 12.4. The SMILES string of the molecule is Cc1ccc(-c2nnc(NC(=O)/C(C#N)=C\c3cc(Br)ccc3O)s2)cc1. The van der Waals surface area contributed by atoms with Crippen molar-refractivity contribution in [2.24, 2.45) is 0 Å². The molecule has 0 unspecified atom stereocenters. The Morgan fingerprint density at radius 3 is 2.70 bits per heavy atom. The Morgan fingerprint density at radius 2 is 2.00 bits per heavy atom. The number of halogens is 1. The van der Waals surface area contributed by atoms with Gasteiger partial charge >= 0.3 is 0 Å². The number of nitriles is 1. The molecule has 1 amide bonds. The van der Waals surface area contributed by atoms with Gasteiger partial charge in [0.25, 0.3) is 5.91 Å². The van der Waals surface area contributed by atoms with Crippen LogP contribution in [0, 0.1) is 18.3 Å². The van der Waals surface area contributed by atoms with E-state index in [9.17, 15) is 15.2 Å². The standard InChI is InChI=1S/C19H13BrN4O2S/c1-11-2-4-12(5-3-11)18-23-24-19(27-18)22-17(26)14(10-21)8-13-9-15(20)6-7-16(13)25/h2-9,25H,1H3,(H,22,24,26)/b14-8-. The minimum atomic E-state index is -0.622. The number of aromatic hydroxyl groups is 1. The van der Waals surface area contributed by atoms with Gasteiger partial charge in [-0.15, -0.1) is 10.2 Å². The molecule has 3 aromatic rings. The molecule has 1 aromatic heterocycles. The Morgan fingerprint density at radius 1 is 1.26 bits per heavy atom. The summed E-state index contributed by atoms with van der Waals surface area (Å²) < 4.78 is 0.719. The van der Waals surface area contributed by atoms with E-state index in [-0.39, 0.29) is 16.5 Å². The second-order valence-electron chi connectivity index (χ2n) is 5.61. The second-order valence-corrected chi connectivity index (χ2v) is 7.50. The number of nitrogens with one attached hydrogen (secondary N) is 1. The lowest BCUT2D eigenvalue weighted by Crippen LogP contribution is -2.13. The molecule has 0 fully saturated rings. The van der Waals surface area contributed by atoms with Crippen LogP contribution in [0.25, 0.3) is 16.6 Å². The number of phenols is 1. The molecule has 0 saturated carbocycles. The molecule has 3 rings (SSSR count). The van der Waals surface area contributed by atoms with Crippen LogP contribution in [0.1, 0.15) is 11.1 Å². The first-order valence-electron chi connectivity index (χ1n) is 7.78. The lowest BCUT2D eigenvalue weighted by Gasteiger charge is -2.02. The van der Waals surface area contributed by atoms with Crippen molar-refractivity contribution in [1.82, 2.24) is 10.2 Å². The topological polar surface area (TPSA) is 98.9 Å². The molecular formula is C19H13BrN4O2S. The van der Waals surface area contributed by atoms with Gasteiger partial charge in [0.1, 0.15) is 22.4 Å². The Kier molecular flexibility index (Phi) is 5.64. The summed E-state index contributed by atoms with van der Waals surface area (Å²) in [5.41, 5.74) is 2.23. The number of aryl methyl sites for hydroxylation is 1. The maximum Gasteiger partial charge on any atom is 0.268 e. The third kappa shape index (κ3) is 4.58. The lowest BCUT2D eigenvalue weighted by molar-refractivity contribution is -0.112. The summed E-state index contributed by atoms with van der Waals surface area (Å²) in [5, 5.41) is 30.7. The van der Waals surface area contributed by atoms with Gasteiger partial charge in [-0.1, -0.05) is 57.1 Å². The number of hydrogen-bond acceptors (Lipinski definition) is 6. The fraction of sp³-hybridized carbons (Fsp3) is 0.0526. The maximum atomic E-state index is 12.4. The molecule has 0 saturated heterocycles. The summed E-state index contributed by atoms with van der Waals surface area (Å²) in [4.78, 5) is 12.4. The fourth-order valence-corrected chi connectivity index (χ4v) is 3.32. The van der Waals surface area contributed by atoms with Crippen molar-refractivity contribution in [3.05, 3.63) is 63.6 Å². The van der Waals surface area contributed by atoms with E-state index in [1.807, 2.05) is 37.3 Å². The van der Waals surface area contributed by atoms with Crippen LogP contribution < -0.4 is 5.32 Å². The molecule has 0 spiro atoms. The van der Waals surface area contributed by atoms with Crippen LogP contribution in [0.5, 0.6) is 5.75 Å². The highest BCUT2D eigenvalue weighted by Crippen LogP contribution is 2.27. The molecule has 134 valence electrons. The van der Waals surface area contributed by atoms with Crippen molar-refractivity contribution in [1.29, 1.82) is 5.26 Å². The monoisotopic (exact) mass is 440 g/mol. The first-order chi connectivity index (χ1) is 13.0. The molecule has 0 aliphatic carbocycles. The van der Waals surface area contributed by atoms with Crippen molar-refractivity contribution in [2.75, 3.05) is 5.32 Å². The molecule has 0 radical (unpaired) electrons. The first-order valence-corrected chi connectivity index (χ1v) is 9.39. The van der Waals surface area contributed by atoms with Crippen LogP contribution >= 0.6 is 27.3 Å². The summed E-state index contributed by atoms with van der Waals surface area (Å²) in [6.45, 7) is 1.99. The second kappa shape index (κ2) is 8.12. The average molecular weight is 441 g/mol. The zero-order chi connectivity index (χ0) is 19.4. The van der Waals surface area contributed by atoms with Crippen LogP contribution in [0.3, 0.4) is 0 Å². The highest BCUT2D eigenvalue weighted by Gasteiger charge is 2.14. The van der Waals surface area contributed by atoms with Gasteiger partial charge in [-0.2, -0.15) is 5.26 Å². The molecule has 8 heteroatoms. The Bertz CT molecular complexity index is 1070. The van der Waals surface area contributed by atoms with Gasteiger partial charge in [-0.05, 0) is 31.2 Å². The van der Waals surface area contributed by atoms with Crippen molar-refractivity contribution in [2.45, 2.75) is 6.92 Å². The van der Waals surface area contributed by atoms with Crippen LogP contribution in [0.4, 0.5) is 5.13 Å². The van der Waals surface area contributed by atoms with Gasteiger partial charge in [0.15, 0.2) is 0 Å². The van der Waals surface area contributed by atoms with Crippen LogP contribution in [0.15, 0.2) is 52.5 Å². The van der Waals surface area contributed by atoms with Gasteiger partial charge < -0.3 is 5.11 Å². The number of nitrogens with zero attached hydrogens (tertiary/aromatic N) is 3. The summed E-state index contributed by atoms with van der Waals surface area (Å²) in [7, 11) is 0. The molecule has 2 aromatic carbocycles. The van der Waals surface area contributed by atoms with E-state index >= 15 is 0 Å². The van der Waals surface area contributed by atoms with Gasteiger partial charge in [0.05, 0.1) is 0 Å². The molecular weight excluding hydrogens is 428 g/mol. The molecule has 0 aliphatic rings. The molecule has 2 N–H and O–H groups in total. The minimum Gasteiger partial charge on any atom is -0.507 e. The molecule has 27 heavy (non-hydrogen) atoms. The van der Waals surface area contributed by atoms with E-state index in [1.54, 1.807) is 12.1 Å². The number of benzene rings is 2. The first kappa shape index (κ1) is 18.8. The normalized spacial score (nSPS) is 11.1. The van der Waals surface area contributed by atoms with Crippen LogP contribution in [-0.2, 0) is 4.79 Å². The summed E-state index contributed by atoms with van der Waals surface area (Å²) in [6, 6.07) is 14.4. The van der Waals surface area contributed by atoms with Gasteiger partial charge in [0, 0.05) is 15.6 Å². The van der Waals surface area contributed by atoms with Crippen molar-refractivity contribution in [3.63, 3.8) is 0 Å². The molecule has 0 atom stereocenters. The molecule has 0 aliphatic heterocycles. The third-order valence-corrected chi connectivity index (χ3v) is 4.98. The van der Waals surface area contributed by atoms with Crippen LogP contribution in [0.2, 0.25) is 0 Å². The summed E-state index contributed by atoms with van der Waals surface area (Å²) >= 11 is 4.50. The molecule has 0 bridgehead atoms. The number of carbonyl (C=O) groups is 1. The van der Waals surface area contributed by atoms with E-state index in [2.05, 4.69) is 31.4 Å². The zero-order valence-electron chi connectivity index (χ0n) is 14.1. The van der Waals surface area contributed by atoms with E-state index in [4.69, 9.17) is 0 Å². The van der Waals surface area contributed by atoms with Crippen molar-refractivity contribution < 1.29 is 9.90 Å². The fourth-order valence-electron chi connectivity index (χ4n) is 2.20. The number of anilines is 1. The number of amides is 1.